The second kappa shape index (κ2) is 5.46. The molecule has 0 aliphatic heterocycles. The molecule has 0 unspecified atom stereocenters. The standard InChI is InChI=1S/C11H13ClO3S/c1-9(13)4-3-7-16(14,15)11-6-2-5-10(12)8-11/h2,5-6,8H,3-4,7H2,1H3. The van der Waals surface area contributed by atoms with E-state index in [1.54, 1.807) is 12.1 Å². The molecule has 0 radical (unpaired) electrons. The van der Waals surface area contributed by atoms with Crippen LogP contribution < -0.4 is 0 Å². The summed E-state index contributed by atoms with van der Waals surface area (Å²) >= 11 is 5.72. The van der Waals surface area contributed by atoms with E-state index in [-0.39, 0.29) is 16.4 Å². The van der Waals surface area contributed by atoms with Gasteiger partial charge in [0, 0.05) is 11.4 Å². The number of hydrogen-bond donors (Lipinski definition) is 0. The Kier molecular flexibility index (Phi) is 4.50. The Hall–Kier alpha value is -0.870. The third kappa shape index (κ3) is 3.94. The molecule has 0 aliphatic carbocycles. The SMILES string of the molecule is CC(=O)CCCS(=O)(=O)c1cccc(Cl)c1. The molecule has 1 rings (SSSR count). The molecule has 0 saturated heterocycles. The van der Waals surface area contributed by atoms with Crippen molar-refractivity contribution in [2.24, 2.45) is 0 Å². The maximum Gasteiger partial charge on any atom is 0.178 e. The lowest BCUT2D eigenvalue weighted by molar-refractivity contribution is -0.117. The van der Waals surface area contributed by atoms with Gasteiger partial charge in [-0.05, 0) is 31.5 Å². The molecule has 0 atom stereocenters. The minimum atomic E-state index is -3.32. The van der Waals surface area contributed by atoms with E-state index in [4.69, 9.17) is 11.6 Å². The molecule has 0 aromatic heterocycles. The molecule has 0 heterocycles. The first kappa shape index (κ1) is 13.2. The molecule has 0 bridgehead atoms. The smallest absolute Gasteiger partial charge is 0.178 e. The van der Waals surface area contributed by atoms with E-state index in [0.717, 1.165) is 0 Å². The van der Waals surface area contributed by atoms with E-state index < -0.39 is 9.84 Å². The van der Waals surface area contributed by atoms with Crippen LogP contribution in [0, 0.1) is 0 Å². The van der Waals surface area contributed by atoms with Gasteiger partial charge in [0.15, 0.2) is 9.84 Å². The van der Waals surface area contributed by atoms with Crippen LogP contribution in [0.1, 0.15) is 19.8 Å². The summed E-state index contributed by atoms with van der Waals surface area (Å²) in [5, 5.41) is 0.396. The number of hydrogen-bond acceptors (Lipinski definition) is 3. The van der Waals surface area contributed by atoms with E-state index >= 15 is 0 Å². The number of ketones is 1. The molecule has 88 valence electrons. The number of rotatable bonds is 5. The number of carbonyl (C=O) groups is 1. The summed E-state index contributed by atoms with van der Waals surface area (Å²) in [5.41, 5.74) is 0. The first-order valence-electron chi connectivity index (χ1n) is 4.89. The van der Waals surface area contributed by atoms with Gasteiger partial charge in [-0.3, -0.25) is 0 Å². The van der Waals surface area contributed by atoms with Gasteiger partial charge in [0.25, 0.3) is 0 Å². The maximum atomic E-state index is 11.8. The Labute approximate surface area is 100 Å². The Morgan fingerprint density at radius 2 is 2.06 bits per heavy atom. The number of sulfone groups is 1. The van der Waals surface area contributed by atoms with Crippen LogP contribution in [0.25, 0.3) is 0 Å². The first-order valence-corrected chi connectivity index (χ1v) is 6.92. The van der Waals surface area contributed by atoms with Gasteiger partial charge < -0.3 is 4.79 Å². The van der Waals surface area contributed by atoms with Crippen molar-refractivity contribution in [1.82, 2.24) is 0 Å². The average molecular weight is 261 g/mol. The molecule has 16 heavy (non-hydrogen) atoms. The van der Waals surface area contributed by atoms with Crippen molar-refractivity contribution in [3.8, 4) is 0 Å². The highest BCUT2D eigenvalue weighted by molar-refractivity contribution is 7.91. The van der Waals surface area contributed by atoms with E-state index in [2.05, 4.69) is 0 Å². The predicted molar refractivity (Wildman–Crippen MR) is 63.4 cm³/mol. The van der Waals surface area contributed by atoms with Gasteiger partial charge in [-0.25, -0.2) is 8.42 Å². The fourth-order valence-electron chi connectivity index (χ4n) is 1.29. The number of benzene rings is 1. The summed E-state index contributed by atoms with van der Waals surface area (Å²) in [6, 6.07) is 6.15. The van der Waals surface area contributed by atoms with Gasteiger partial charge in [-0.2, -0.15) is 0 Å². The highest BCUT2D eigenvalue weighted by Crippen LogP contribution is 2.17. The van der Waals surface area contributed by atoms with Crippen LogP contribution in [0.2, 0.25) is 5.02 Å². The zero-order chi connectivity index (χ0) is 12.2. The van der Waals surface area contributed by atoms with Gasteiger partial charge in [0.1, 0.15) is 5.78 Å². The quantitative estimate of drug-likeness (QED) is 0.817. The summed E-state index contributed by atoms with van der Waals surface area (Å²) < 4.78 is 23.6. The van der Waals surface area contributed by atoms with Crippen molar-refractivity contribution < 1.29 is 13.2 Å². The highest BCUT2D eigenvalue weighted by Gasteiger charge is 2.14. The monoisotopic (exact) mass is 260 g/mol. The largest absolute Gasteiger partial charge is 0.300 e. The van der Waals surface area contributed by atoms with Gasteiger partial charge in [0.2, 0.25) is 0 Å². The number of halogens is 1. The second-order valence-corrected chi connectivity index (χ2v) is 6.13. The van der Waals surface area contributed by atoms with Crippen LogP contribution in [-0.4, -0.2) is 20.0 Å². The lowest BCUT2D eigenvalue weighted by Gasteiger charge is -2.03. The minimum absolute atomic E-state index is 0.00120. The molecule has 5 heteroatoms. The molecule has 0 amide bonds. The van der Waals surface area contributed by atoms with Gasteiger partial charge >= 0.3 is 0 Å². The number of carbonyl (C=O) groups excluding carboxylic acids is 1. The highest BCUT2D eigenvalue weighted by atomic mass is 35.5. The van der Waals surface area contributed by atoms with Crippen LogP contribution in [0.5, 0.6) is 0 Å². The molecule has 3 nitrogen and oxygen atoms in total. The molecular formula is C11H13ClO3S. The summed E-state index contributed by atoms with van der Waals surface area (Å²) in [7, 11) is -3.32. The molecule has 0 spiro atoms. The Morgan fingerprint density at radius 3 is 2.62 bits per heavy atom. The van der Waals surface area contributed by atoms with E-state index in [0.29, 0.717) is 17.9 Å². The summed E-state index contributed by atoms with van der Waals surface area (Å²) in [6.07, 6.45) is 0.643. The average Bonchev–Trinajstić information content (AvgIpc) is 2.16. The predicted octanol–water partition coefficient (Wildman–Crippen LogP) is 2.48. The zero-order valence-corrected chi connectivity index (χ0v) is 10.5. The lowest BCUT2D eigenvalue weighted by atomic mass is 10.3. The summed E-state index contributed by atoms with van der Waals surface area (Å²) in [4.78, 5) is 10.9. The normalized spacial score (nSPS) is 11.4. The Balaban J connectivity index is 2.74. The third-order valence-corrected chi connectivity index (χ3v) is 4.13. The first-order chi connectivity index (χ1) is 7.42. The fraction of sp³-hybridized carbons (Fsp3) is 0.364. The molecule has 0 fully saturated rings. The van der Waals surface area contributed by atoms with Gasteiger partial charge in [-0.1, -0.05) is 17.7 Å². The maximum absolute atomic E-state index is 11.8. The van der Waals surface area contributed by atoms with Crippen molar-refractivity contribution in [3.05, 3.63) is 29.3 Å². The zero-order valence-electron chi connectivity index (χ0n) is 8.94. The van der Waals surface area contributed by atoms with E-state index in [1.807, 2.05) is 0 Å². The third-order valence-electron chi connectivity index (χ3n) is 2.10. The molecule has 0 aliphatic rings. The molecule has 0 N–H and O–H groups in total. The van der Waals surface area contributed by atoms with Crippen molar-refractivity contribution in [1.29, 1.82) is 0 Å². The minimum Gasteiger partial charge on any atom is -0.300 e. The second-order valence-electron chi connectivity index (χ2n) is 3.58. The molecular weight excluding hydrogens is 248 g/mol. The molecule has 1 aromatic rings. The summed E-state index contributed by atoms with van der Waals surface area (Å²) in [5.74, 6) is -0.0197. The number of Topliss-reactive ketones (excluding diaryl/α,β-unsaturated/α-hetero) is 1. The van der Waals surface area contributed by atoms with Crippen LogP contribution in [0.4, 0.5) is 0 Å². The van der Waals surface area contributed by atoms with E-state index in [1.165, 1.54) is 19.1 Å². The van der Waals surface area contributed by atoms with E-state index in [9.17, 15) is 13.2 Å². The molecule has 0 saturated carbocycles. The van der Waals surface area contributed by atoms with Crippen molar-refractivity contribution in [2.45, 2.75) is 24.7 Å². The topological polar surface area (TPSA) is 51.2 Å². The Bertz CT molecular complexity index is 480. The van der Waals surface area contributed by atoms with Crippen LogP contribution in [-0.2, 0) is 14.6 Å². The van der Waals surface area contributed by atoms with Crippen LogP contribution in [0.15, 0.2) is 29.2 Å². The summed E-state index contributed by atoms with van der Waals surface area (Å²) in [6.45, 7) is 1.45. The van der Waals surface area contributed by atoms with Crippen LogP contribution >= 0.6 is 11.6 Å². The lowest BCUT2D eigenvalue weighted by Crippen LogP contribution is -2.08. The molecule has 1 aromatic carbocycles. The van der Waals surface area contributed by atoms with Crippen molar-refractivity contribution in [3.63, 3.8) is 0 Å². The van der Waals surface area contributed by atoms with Crippen LogP contribution in [0.3, 0.4) is 0 Å². The van der Waals surface area contributed by atoms with Crippen molar-refractivity contribution >= 4 is 27.2 Å². The van der Waals surface area contributed by atoms with Gasteiger partial charge in [0.05, 0.1) is 10.6 Å². The Morgan fingerprint density at radius 1 is 1.38 bits per heavy atom. The van der Waals surface area contributed by atoms with Gasteiger partial charge in [-0.15, -0.1) is 0 Å². The fourth-order valence-corrected chi connectivity index (χ4v) is 2.90. The van der Waals surface area contributed by atoms with Crippen molar-refractivity contribution in [2.75, 3.05) is 5.75 Å².